The summed E-state index contributed by atoms with van der Waals surface area (Å²) in [6.45, 7) is 0. The number of benzene rings is 2. The molecule has 25 heavy (non-hydrogen) atoms. The quantitative estimate of drug-likeness (QED) is 0.615. The number of sulfonamides is 1. The van der Waals surface area contributed by atoms with Crippen LogP contribution in [0.15, 0.2) is 75.4 Å². The van der Waals surface area contributed by atoms with Crippen molar-refractivity contribution in [2.24, 2.45) is 0 Å². The molecule has 5 nitrogen and oxygen atoms in total. The van der Waals surface area contributed by atoms with E-state index in [1.807, 2.05) is 0 Å². The van der Waals surface area contributed by atoms with Crippen molar-refractivity contribution < 1.29 is 13.2 Å². The van der Waals surface area contributed by atoms with E-state index in [1.165, 1.54) is 23.5 Å². The average molecular weight is 437 g/mol. The zero-order valence-electron chi connectivity index (χ0n) is 12.8. The summed E-state index contributed by atoms with van der Waals surface area (Å²) in [6.07, 6.45) is 0. The summed E-state index contributed by atoms with van der Waals surface area (Å²) in [6, 6.07) is 16.5. The van der Waals surface area contributed by atoms with Gasteiger partial charge in [-0.3, -0.25) is 9.52 Å². The van der Waals surface area contributed by atoms with Crippen LogP contribution < -0.4 is 10.0 Å². The molecule has 1 amide bonds. The summed E-state index contributed by atoms with van der Waals surface area (Å²) >= 11 is 4.61. The second-order valence-corrected chi connectivity index (χ2v) is 8.47. The molecule has 0 aliphatic carbocycles. The van der Waals surface area contributed by atoms with Crippen LogP contribution in [0.5, 0.6) is 0 Å². The third-order valence-corrected chi connectivity index (χ3v) is 6.51. The van der Waals surface area contributed by atoms with Crippen LogP contribution in [0.3, 0.4) is 0 Å². The first-order valence-electron chi connectivity index (χ1n) is 7.18. The average Bonchev–Trinajstić information content (AvgIpc) is 3.03. The number of amides is 1. The second kappa shape index (κ2) is 7.38. The normalized spacial score (nSPS) is 11.1. The van der Waals surface area contributed by atoms with Gasteiger partial charge < -0.3 is 5.32 Å². The fourth-order valence-corrected chi connectivity index (χ4v) is 4.67. The van der Waals surface area contributed by atoms with E-state index in [2.05, 4.69) is 26.0 Å². The van der Waals surface area contributed by atoms with Crippen molar-refractivity contribution in [2.45, 2.75) is 4.90 Å². The van der Waals surface area contributed by atoms with Crippen LogP contribution in [0, 0.1) is 0 Å². The molecule has 0 spiro atoms. The number of hydrogen-bond donors (Lipinski definition) is 2. The van der Waals surface area contributed by atoms with Gasteiger partial charge in [0.15, 0.2) is 0 Å². The summed E-state index contributed by atoms with van der Waals surface area (Å²) in [5.41, 5.74) is 0.680. The number of rotatable bonds is 5. The third-order valence-electron chi connectivity index (χ3n) is 3.30. The lowest BCUT2D eigenvalue weighted by molar-refractivity contribution is 0.103. The summed E-state index contributed by atoms with van der Waals surface area (Å²) in [5.74, 6) is -0.312. The van der Waals surface area contributed by atoms with Crippen LogP contribution in [-0.4, -0.2) is 14.3 Å². The van der Waals surface area contributed by atoms with E-state index in [0.29, 0.717) is 20.7 Å². The van der Waals surface area contributed by atoms with Gasteiger partial charge in [-0.15, -0.1) is 11.3 Å². The Hall–Kier alpha value is -2.16. The zero-order valence-corrected chi connectivity index (χ0v) is 16.0. The van der Waals surface area contributed by atoms with Crippen molar-refractivity contribution in [3.05, 3.63) is 75.4 Å². The smallest absolute Gasteiger partial charge is 0.266 e. The molecule has 3 aromatic rings. The number of halogens is 1. The van der Waals surface area contributed by atoms with Crippen molar-refractivity contribution >= 4 is 54.6 Å². The first-order chi connectivity index (χ1) is 12.0. The summed E-state index contributed by atoms with van der Waals surface area (Å²) < 4.78 is 28.2. The largest absolute Gasteiger partial charge is 0.319 e. The lowest BCUT2D eigenvalue weighted by atomic mass is 10.2. The summed E-state index contributed by atoms with van der Waals surface area (Å²) in [5, 5.41) is 4.54. The van der Waals surface area contributed by atoms with Crippen LogP contribution in [0.25, 0.3) is 0 Å². The summed E-state index contributed by atoms with van der Waals surface area (Å²) in [7, 11) is -3.74. The molecule has 1 heterocycles. The van der Waals surface area contributed by atoms with Crippen molar-refractivity contribution in [3.8, 4) is 0 Å². The molecule has 1 aromatic heterocycles. The molecule has 2 N–H and O–H groups in total. The highest BCUT2D eigenvalue weighted by atomic mass is 79.9. The highest BCUT2D eigenvalue weighted by Gasteiger charge is 2.17. The van der Waals surface area contributed by atoms with Crippen LogP contribution in [0.2, 0.25) is 0 Å². The Balaban J connectivity index is 1.87. The van der Waals surface area contributed by atoms with Gasteiger partial charge in [0, 0.05) is 4.47 Å². The van der Waals surface area contributed by atoms with E-state index >= 15 is 0 Å². The Morgan fingerprint density at radius 2 is 1.56 bits per heavy atom. The van der Waals surface area contributed by atoms with Gasteiger partial charge in [0.05, 0.1) is 16.3 Å². The molecular weight excluding hydrogens is 424 g/mol. The monoisotopic (exact) mass is 436 g/mol. The molecule has 0 saturated carbocycles. The van der Waals surface area contributed by atoms with Crippen LogP contribution in [0.4, 0.5) is 11.4 Å². The minimum absolute atomic E-state index is 0.150. The Kier molecular flexibility index (Phi) is 5.22. The van der Waals surface area contributed by atoms with E-state index in [-0.39, 0.29) is 10.8 Å². The number of anilines is 2. The molecule has 3 rings (SSSR count). The number of carbonyl (C=O) groups is 1. The van der Waals surface area contributed by atoms with Gasteiger partial charge in [0.1, 0.15) is 4.88 Å². The lowest BCUT2D eigenvalue weighted by Crippen LogP contribution is -2.16. The predicted molar refractivity (Wildman–Crippen MR) is 104 cm³/mol. The minimum atomic E-state index is -3.74. The van der Waals surface area contributed by atoms with Gasteiger partial charge in [-0.2, -0.15) is 0 Å². The molecule has 0 bridgehead atoms. The van der Waals surface area contributed by atoms with Crippen LogP contribution in [0.1, 0.15) is 9.67 Å². The number of hydrogen-bond acceptors (Lipinski definition) is 4. The predicted octanol–water partition coefficient (Wildman–Crippen LogP) is 4.56. The molecule has 8 heteroatoms. The highest BCUT2D eigenvalue weighted by Crippen LogP contribution is 2.28. The lowest BCUT2D eigenvalue weighted by Gasteiger charge is -2.13. The van der Waals surface area contributed by atoms with E-state index in [4.69, 9.17) is 0 Å². The maximum atomic E-state index is 12.5. The molecule has 0 atom stereocenters. The first-order valence-corrected chi connectivity index (χ1v) is 10.3. The molecule has 0 fully saturated rings. The number of thiophene rings is 1. The first kappa shape index (κ1) is 17.7. The Labute approximate surface area is 157 Å². The van der Waals surface area contributed by atoms with Gasteiger partial charge in [0.25, 0.3) is 15.9 Å². The molecule has 2 aromatic carbocycles. The van der Waals surface area contributed by atoms with Crippen LogP contribution >= 0.6 is 27.3 Å². The Morgan fingerprint density at radius 1 is 0.920 bits per heavy atom. The molecule has 0 aliphatic heterocycles. The fourth-order valence-electron chi connectivity index (χ4n) is 2.12. The van der Waals surface area contributed by atoms with E-state index in [0.717, 1.165) is 0 Å². The van der Waals surface area contributed by atoms with E-state index in [9.17, 15) is 13.2 Å². The van der Waals surface area contributed by atoms with Gasteiger partial charge in [-0.05, 0) is 51.6 Å². The maximum Gasteiger partial charge on any atom is 0.266 e. The Morgan fingerprint density at radius 3 is 2.20 bits per heavy atom. The van der Waals surface area contributed by atoms with Crippen molar-refractivity contribution in [1.82, 2.24) is 0 Å². The van der Waals surface area contributed by atoms with Crippen LogP contribution in [-0.2, 0) is 10.0 Å². The fraction of sp³-hybridized carbons (Fsp3) is 0. The Bertz CT molecular complexity index is 1000. The van der Waals surface area contributed by atoms with E-state index in [1.54, 1.807) is 53.9 Å². The molecular formula is C17H13BrN2O3S2. The molecule has 0 aliphatic rings. The van der Waals surface area contributed by atoms with Gasteiger partial charge in [-0.1, -0.05) is 30.3 Å². The third kappa shape index (κ3) is 4.09. The zero-order chi connectivity index (χ0) is 17.9. The molecule has 0 saturated heterocycles. The summed E-state index contributed by atoms with van der Waals surface area (Å²) in [4.78, 5) is 13.0. The molecule has 0 radical (unpaired) electrons. The van der Waals surface area contributed by atoms with Crippen molar-refractivity contribution in [1.29, 1.82) is 0 Å². The molecule has 0 unspecified atom stereocenters. The minimum Gasteiger partial charge on any atom is -0.319 e. The highest BCUT2D eigenvalue weighted by molar-refractivity contribution is 9.10. The van der Waals surface area contributed by atoms with Crippen molar-refractivity contribution in [2.75, 3.05) is 10.0 Å². The van der Waals surface area contributed by atoms with E-state index < -0.39 is 10.0 Å². The number of nitrogens with one attached hydrogen (secondary N) is 2. The van der Waals surface area contributed by atoms with Gasteiger partial charge >= 0.3 is 0 Å². The van der Waals surface area contributed by atoms with Gasteiger partial charge in [0.2, 0.25) is 0 Å². The standard InChI is InChI=1S/C17H13BrN2O3S2/c18-13-10-11-24-16(13)17(21)19-14-8-4-5-9-15(14)20-25(22,23)12-6-2-1-3-7-12/h1-11,20H,(H,19,21). The number of carbonyl (C=O) groups excluding carboxylic acids is 1. The number of para-hydroxylation sites is 2. The SMILES string of the molecule is O=C(Nc1ccccc1NS(=O)(=O)c1ccccc1)c1sccc1Br. The second-order valence-electron chi connectivity index (χ2n) is 5.02. The molecule has 128 valence electrons. The maximum absolute atomic E-state index is 12.5. The topological polar surface area (TPSA) is 75.3 Å². The van der Waals surface area contributed by atoms with Crippen molar-refractivity contribution in [3.63, 3.8) is 0 Å². The van der Waals surface area contributed by atoms with Gasteiger partial charge in [-0.25, -0.2) is 8.42 Å².